The molecule has 0 saturated carbocycles. The van der Waals surface area contributed by atoms with Gasteiger partial charge in [-0.1, -0.05) is 36.4 Å². The lowest BCUT2D eigenvalue weighted by Crippen LogP contribution is -1.79. The fourth-order valence-corrected chi connectivity index (χ4v) is 2.14. The van der Waals surface area contributed by atoms with Crippen LogP contribution in [-0.2, 0) is 0 Å². The molecule has 0 spiro atoms. The van der Waals surface area contributed by atoms with Gasteiger partial charge >= 0.3 is 0 Å². The first-order valence-electron chi connectivity index (χ1n) is 5.28. The predicted molar refractivity (Wildman–Crippen MR) is 69.0 cm³/mol. The van der Waals surface area contributed by atoms with Crippen molar-refractivity contribution < 1.29 is 0 Å². The summed E-state index contributed by atoms with van der Waals surface area (Å²) in [5, 5.41) is 2.50. The van der Waals surface area contributed by atoms with Gasteiger partial charge in [0.15, 0.2) is 0 Å². The molecule has 1 aromatic heterocycles. The average Bonchev–Trinajstić information content (AvgIpc) is 2.69. The zero-order valence-electron chi connectivity index (χ0n) is 8.77. The number of nitrogens with one attached hydrogen (secondary N) is 1. The zero-order chi connectivity index (χ0) is 11.0. The summed E-state index contributed by atoms with van der Waals surface area (Å²) in [6.45, 7) is 0. The smallest absolute Gasteiger partial charge is 0.0538 e. The minimum Gasteiger partial charge on any atom is -0.405 e. The van der Waals surface area contributed by atoms with Gasteiger partial charge < -0.3 is 10.7 Å². The second-order valence-corrected chi connectivity index (χ2v) is 3.80. The van der Waals surface area contributed by atoms with Crippen LogP contribution in [0, 0.1) is 0 Å². The van der Waals surface area contributed by atoms with Crippen molar-refractivity contribution in [3.8, 4) is 0 Å². The highest BCUT2D eigenvalue weighted by Crippen LogP contribution is 2.27. The first-order valence-corrected chi connectivity index (χ1v) is 5.28. The number of aromatic nitrogens is 1. The Morgan fingerprint density at radius 1 is 0.938 bits per heavy atom. The van der Waals surface area contributed by atoms with E-state index in [0.29, 0.717) is 0 Å². The van der Waals surface area contributed by atoms with Crippen LogP contribution in [0.15, 0.2) is 48.7 Å². The molecule has 0 bridgehead atoms. The van der Waals surface area contributed by atoms with E-state index >= 15 is 0 Å². The third-order valence-electron chi connectivity index (χ3n) is 2.85. The van der Waals surface area contributed by atoms with Crippen LogP contribution in [0.4, 0.5) is 0 Å². The Hall–Kier alpha value is -2.22. The van der Waals surface area contributed by atoms with Crippen molar-refractivity contribution in [1.82, 2.24) is 4.98 Å². The summed E-state index contributed by atoms with van der Waals surface area (Å²) < 4.78 is 0. The van der Waals surface area contributed by atoms with Gasteiger partial charge in [0.05, 0.1) is 5.52 Å². The molecule has 0 unspecified atom stereocenters. The lowest BCUT2D eigenvalue weighted by molar-refractivity contribution is 1.53. The van der Waals surface area contributed by atoms with E-state index in [0.717, 1.165) is 16.6 Å². The van der Waals surface area contributed by atoms with Crippen LogP contribution in [0.5, 0.6) is 0 Å². The standard InChI is InChI=1S/C14H12N2/c15-9-8-10-4-3-6-12-11-5-1-2-7-13(11)16-14(10)12/h1-9,16H,15H2. The molecule has 3 rings (SSSR count). The number of rotatable bonds is 1. The Kier molecular flexibility index (Phi) is 1.93. The highest BCUT2D eigenvalue weighted by atomic mass is 14.7. The van der Waals surface area contributed by atoms with Gasteiger partial charge in [-0.05, 0) is 23.9 Å². The Morgan fingerprint density at radius 2 is 1.75 bits per heavy atom. The van der Waals surface area contributed by atoms with E-state index in [2.05, 4.69) is 41.4 Å². The molecule has 78 valence electrons. The largest absolute Gasteiger partial charge is 0.405 e. The van der Waals surface area contributed by atoms with Crippen molar-refractivity contribution in [3.05, 3.63) is 54.2 Å². The van der Waals surface area contributed by atoms with Crippen molar-refractivity contribution in [2.24, 2.45) is 5.73 Å². The Labute approximate surface area is 93.4 Å². The summed E-state index contributed by atoms with van der Waals surface area (Å²) >= 11 is 0. The van der Waals surface area contributed by atoms with Crippen LogP contribution >= 0.6 is 0 Å². The summed E-state index contributed by atoms with van der Waals surface area (Å²) in [5.41, 5.74) is 8.88. The van der Waals surface area contributed by atoms with E-state index in [1.54, 1.807) is 6.20 Å². The summed E-state index contributed by atoms with van der Waals surface area (Å²) in [7, 11) is 0. The molecule has 2 heteroatoms. The molecule has 16 heavy (non-hydrogen) atoms. The van der Waals surface area contributed by atoms with Crippen LogP contribution < -0.4 is 5.73 Å². The van der Waals surface area contributed by atoms with E-state index in [-0.39, 0.29) is 0 Å². The van der Waals surface area contributed by atoms with Gasteiger partial charge in [0, 0.05) is 16.3 Å². The molecular weight excluding hydrogens is 196 g/mol. The van der Waals surface area contributed by atoms with E-state index in [1.165, 1.54) is 10.8 Å². The molecule has 0 aliphatic rings. The fourth-order valence-electron chi connectivity index (χ4n) is 2.14. The predicted octanol–water partition coefficient (Wildman–Crippen LogP) is 3.25. The van der Waals surface area contributed by atoms with Crippen LogP contribution in [0.2, 0.25) is 0 Å². The van der Waals surface area contributed by atoms with Crippen molar-refractivity contribution in [2.75, 3.05) is 0 Å². The number of nitrogens with two attached hydrogens (primary N) is 1. The molecule has 2 nitrogen and oxygen atoms in total. The Morgan fingerprint density at radius 3 is 2.62 bits per heavy atom. The number of aromatic amines is 1. The Bertz CT molecular complexity index is 677. The highest BCUT2D eigenvalue weighted by molar-refractivity contribution is 6.09. The van der Waals surface area contributed by atoms with Crippen molar-refractivity contribution in [1.29, 1.82) is 0 Å². The monoisotopic (exact) mass is 208 g/mol. The molecule has 0 aliphatic heterocycles. The molecule has 0 fully saturated rings. The Balaban J connectivity index is 2.48. The maximum atomic E-state index is 5.45. The summed E-state index contributed by atoms with van der Waals surface area (Å²) in [5.74, 6) is 0. The second-order valence-electron chi connectivity index (χ2n) is 3.80. The normalized spacial score (nSPS) is 11.8. The molecule has 3 aromatic rings. The van der Waals surface area contributed by atoms with Crippen molar-refractivity contribution in [2.45, 2.75) is 0 Å². The lowest BCUT2D eigenvalue weighted by Gasteiger charge is -1.95. The molecule has 0 aliphatic carbocycles. The number of benzene rings is 2. The van der Waals surface area contributed by atoms with Crippen molar-refractivity contribution >= 4 is 27.9 Å². The third kappa shape index (κ3) is 1.20. The quantitative estimate of drug-likeness (QED) is 0.633. The van der Waals surface area contributed by atoms with E-state index in [4.69, 9.17) is 5.73 Å². The minimum atomic E-state index is 1.12. The first-order chi connectivity index (χ1) is 7.90. The van der Waals surface area contributed by atoms with E-state index in [9.17, 15) is 0 Å². The second kappa shape index (κ2) is 3.42. The molecular formula is C14H12N2. The lowest BCUT2D eigenvalue weighted by atomic mass is 10.1. The number of hydrogen-bond acceptors (Lipinski definition) is 1. The van der Waals surface area contributed by atoms with E-state index in [1.807, 2.05) is 12.1 Å². The topological polar surface area (TPSA) is 41.8 Å². The van der Waals surface area contributed by atoms with Gasteiger partial charge in [0.2, 0.25) is 0 Å². The zero-order valence-corrected chi connectivity index (χ0v) is 8.77. The van der Waals surface area contributed by atoms with Crippen LogP contribution in [-0.4, -0.2) is 4.98 Å². The summed E-state index contributed by atoms with van der Waals surface area (Å²) in [6.07, 6.45) is 3.48. The first kappa shape index (κ1) is 9.04. The molecule has 1 heterocycles. The number of H-pyrrole nitrogens is 1. The van der Waals surface area contributed by atoms with E-state index < -0.39 is 0 Å². The molecule has 3 N–H and O–H groups in total. The molecule has 0 radical (unpaired) electrons. The summed E-state index contributed by atoms with van der Waals surface area (Å²) in [4.78, 5) is 3.42. The number of para-hydroxylation sites is 2. The van der Waals surface area contributed by atoms with Gasteiger partial charge in [-0.15, -0.1) is 0 Å². The maximum Gasteiger partial charge on any atom is 0.0538 e. The maximum absolute atomic E-state index is 5.45. The number of hydrogen-bond donors (Lipinski definition) is 2. The molecule has 0 atom stereocenters. The number of fused-ring (bicyclic) bond motifs is 3. The molecule has 2 aromatic carbocycles. The van der Waals surface area contributed by atoms with Gasteiger partial charge in [-0.25, -0.2) is 0 Å². The fraction of sp³-hybridized carbons (Fsp3) is 0. The summed E-state index contributed by atoms with van der Waals surface area (Å²) in [6, 6.07) is 14.5. The molecule has 0 amide bonds. The average molecular weight is 208 g/mol. The SMILES string of the molecule is NC=Cc1cccc2c1[nH]c1ccccc12. The van der Waals surface area contributed by atoms with Crippen LogP contribution in [0.1, 0.15) is 5.56 Å². The van der Waals surface area contributed by atoms with Gasteiger partial charge in [0.25, 0.3) is 0 Å². The van der Waals surface area contributed by atoms with Crippen LogP contribution in [0.3, 0.4) is 0 Å². The minimum absolute atomic E-state index is 1.12. The molecule has 0 saturated heterocycles. The van der Waals surface area contributed by atoms with Gasteiger partial charge in [-0.3, -0.25) is 0 Å². The van der Waals surface area contributed by atoms with Gasteiger partial charge in [0.1, 0.15) is 0 Å². The van der Waals surface area contributed by atoms with Gasteiger partial charge in [-0.2, -0.15) is 0 Å². The highest BCUT2D eigenvalue weighted by Gasteiger charge is 2.04. The van der Waals surface area contributed by atoms with Crippen molar-refractivity contribution in [3.63, 3.8) is 0 Å². The van der Waals surface area contributed by atoms with Crippen LogP contribution in [0.25, 0.3) is 27.9 Å². The third-order valence-corrected chi connectivity index (χ3v) is 2.85.